The zero-order valence-electron chi connectivity index (χ0n) is 13.9. The number of methoxy groups -OCH3 is 1. The van der Waals surface area contributed by atoms with E-state index in [0.717, 1.165) is 38.2 Å². The number of fused-ring (bicyclic) bond motifs is 1. The minimum atomic E-state index is 0.689. The van der Waals surface area contributed by atoms with Crippen LogP contribution in [0.3, 0.4) is 0 Å². The van der Waals surface area contributed by atoms with Gasteiger partial charge in [0, 0.05) is 11.1 Å². The predicted molar refractivity (Wildman–Crippen MR) is 106 cm³/mol. The molecule has 0 aliphatic heterocycles. The predicted octanol–water partition coefficient (Wildman–Crippen LogP) is 5.35. The van der Waals surface area contributed by atoms with Crippen molar-refractivity contribution in [3.8, 4) is 16.3 Å². The van der Waals surface area contributed by atoms with Gasteiger partial charge in [-0.3, -0.25) is 0 Å². The molecule has 0 amide bonds. The average molecular weight is 367 g/mol. The number of nitrogens with zero attached hydrogens (tertiary/aromatic N) is 2. The highest BCUT2D eigenvalue weighted by Crippen LogP contribution is 2.32. The summed E-state index contributed by atoms with van der Waals surface area (Å²) >= 11 is 3.35. The number of thiazole rings is 2. The third-order valence-corrected chi connectivity index (χ3v) is 5.72. The third-order valence-electron chi connectivity index (χ3n) is 3.86. The number of aromatic nitrogens is 2. The summed E-state index contributed by atoms with van der Waals surface area (Å²) in [5.41, 5.74) is 4.19. The largest absolute Gasteiger partial charge is 0.496 e. The van der Waals surface area contributed by atoms with Gasteiger partial charge >= 0.3 is 0 Å². The van der Waals surface area contributed by atoms with Crippen molar-refractivity contribution in [1.82, 2.24) is 9.97 Å². The van der Waals surface area contributed by atoms with E-state index in [-0.39, 0.29) is 0 Å². The molecular formula is C19H17N3OS2. The van der Waals surface area contributed by atoms with E-state index in [1.54, 1.807) is 29.8 Å². The molecule has 4 rings (SSSR count). The molecule has 126 valence electrons. The van der Waals surface area contributed by atoms with Gasteiger partial charge in [-0.15, -0.1) is 22.7 Å². The SMILES string of the molecule is COc1ccccc1-c1nc(CNc2ccc3nc(C)sc3c2)cs1. The second-order valence-corrected chi connectivity index (χ2v) is 7.71. The number of rotatable bonds is 5. The van der Waals surface area contributed by atoms with Crippen LogP contribution in [-0.2, 0) is 6.54 Å². The lowest BCUT2D eigenvalue weighted by Gasteiger charge is -2.05. The molecule has 2 aromatic heterocycles. The van der Waals surface area contributed by atoms with Gasteiger partial charge in [0.05, 0.1) is 40.1 Å². The van der Waals surface area contributed by atoms with Crippen LogP contribution in [-0.4, -0.2) is 17.1 Å². The molecule has 0 unspecified atom stereocenters. The van der Waals surface area contributed by atoms with Crippen LogP contribution in [0.2, 0.25) is 0 Å². The fourth-order valence-electron chi connectivity index (χ4n) is 2.68. The zero-order chi connectivity index (χ0) is 17.2. The Bertz CT molecular complexity index is 1020. The van der Waals surface area contributed by atoms with Gasteiger partial charge in [0.2, 0.25) is 0 Å². The summed E-state index contributed by atoms with van der Waals surface area (Å²) in [5, 5.41) is 7.60. The molecule has 2 heterocycles. The van der Waals surface area contributed by atoms with Gasteiger partial charge in [0.15, 0.2) is 0 Å². The van der Waals surface area contributed by atoms with Crippen LogP contribution < -0.4 is 10.1 Å². The summed E-state index contributed by atoms with van der Waals surface area (Å²) in [5.74, 6) is 0.849. The second-order valence-electron chi connectivity index (χ2n) is 5.61. The number of hydrogen-bond donors (Lipinski definition) is 1. The molecule has 0 aliphatic carbocycles. The summed E-state index contributed by atoms with van der Waals surface area (Å²) in [6.07, 6.45) is 0. The number of para-hydroxylation sites is 1. The molecule has 4 nitrogen and oxygen atoms in total. The van der Waals surface area contributed by atoms with Crippen molar-refractivity contribution >= 4 is 38.6 Å². The maximum absolute atomic E-state index is 5.43. The first-order valence-corrected chi connectivity index (χ1v) is 9.61. The fourth-order valence-corrected chi connectivity index (χ4v) is 4.39. The van der Waals surface area contributed by atoms with Crippen LogP contribution in [0.15, 0.2) is 47.8 Å². The Morgan fingerprint density at radius 3 is 2.88 bits per heavy atom. The molecule has 2 aromatic carbocycles. The van der Waals surface area contributed by atoms with Crippen LogP contribution in [0, 0.1) is 6.92 Å². The minimum Gasteiger partial charge on any atom is -0.496 e. The molecule has 0 fully saturated rings. The summed E-state index contributed by atoms with van der Waals surface area (Å²) in [6, 6.07) is 14.2. The first-order chi connectivity index (χ1) is 12.2. The van der Waals surface area contributed by atoms with Crippen molar-refractivity contribution in [2.45, 2.75) is 13.5 Å². The highest BCUT2D eigenvalue weighted by Gasteiger charge is 2.10. The van der Waals surface area contributed by atoms with Crippen LogP contribution in [0.25, 0.3) is 20.8 Å². The maximum atomic E-state index is 5.43. The lowest BCUT2D eigenvalue weighted by Crippen LogP contribution is -1.99. The third kappa shape index (κ3) is 3.36. The van der Waals surface area contributed by atoms with E-state index in [9.17, 15) is 0 Å². The Hall–Kier alpha value is -2.44. The van der Waals surface area contributed by atoms with Crippen molar-refractivity contribution in [2.75, 3.05) is 12.4 Å². The Kier molecular flexibility index (Phi) is 4.38. The molecule has 0 aliphatic rings. The molecule has 25 heavy (non-hydrogen) atoms. The van der Waals surface area contributed by atoms with Crippen LogP contribution in [0.5, 0.6) is 5.75 Å². The molecule has 0 radical (unpaired) electrons. The average Bonchev–Trinajstić information content (AvgIpc) is 3.25. The van der Waals surface area contributed by atoms with Gasteiger partial charge in [0.1, 0.15) is 10.8 Å². The Morgan fingerprint density at radius 2 is 2.00 bits per heavy atom. The molecule has 1 N–H and O–H groups in total. The number of anilines is 1. The van der Waals surface area contributed by atoms with E-state index in [1.807, 2.05) is 31.2 Å². The molecule has 0 atom stereocenters. The number of ether oxygens (including phenoxy) is 1. The fraction of sp³-hybridized carbons (Fsp3) is 0.158. The zero-order valence-corrected chi connectivity index (χ0v) is 15.6. The van der Waals surface area contributed by atoms with E-state index < -0.39 is 0 Å². The van der Waals surface area contributed by atoms with Crippen molar-refractivity contribution in [3.05, 3.63) is 58.5 Å². The molecule has 0 saturated carbocycles. The topological polar surface area (TPSA) is 47.0 Å². The Labute approximate surface area is 154 Å². The first kappa shape index (κ1) is 16.1. The van der Waals surface area contributed by atoms with Gasteiger partial charge in [0.25, 0.3) is 0 Å². The van der Waals surface area contributed by atoms with Crippen molar-refractivity contribution in [3.63, 3.8) is 0 Å². The standard InChI is InChI=1S/C19H17N3OS2/c1-12-21-16-8-7-13(9-18(16)25-12)20-10-14-11-24-19(22-14)15-5-3-4-6-17(15)23-2/h3-9,11,20H,10H2,1-2H3. The quantitative estimate of drug-likeness (QED) is 0.516. The van der Waals surface area contributed by atoms with E-state index in [4.69, 9.17) is 9.72 Å². The number of nitrogens with one attached hydrogen (secondary N) is 1. The van der Waals surface area contributed by atoms with E-state index >= 15 is 0 Å². The van der Waals surface area contributed by atoms with Gasteiger partial charge < -0.3 is 10.1 Å². The summed E-state index contributed by atoms with van der Waals surface area (Å²) < 4.78 is 6.63. The lowest BCUT2D eigenvalue weighted by molar-refractivity contribution is 0.416. The highest BCUT2D eigenvalue weighted by atomic mass is 32.1. The molecule has 0 saturated heterocycles. The van der Waals surface area contributed by atoms with Crippen molar-refractivity contribution < 1.29 is 4.74 Å². The Balaban J connectivity index is 1.50. The van der Waals surface area contributed by atoms with Crippen LogP contribution in [0.4, 0.5) is 5.69 Å². The molecular weight excluding hydrogens is 350 g/mol. The Morgan fingerprint density at radius 1 is 1.12 bits per heavy atom. The second kappa shape index (κ2) is 6.82. The molecule has 6 heteroatoms. The van der Waals surface area contributed by atoms with E-state index in [1.165, 1.54) is 4.70 Å². The molecule has 4 aromatic rings. The molecule has 0 bridgehead atoms. The van der Waals surface area contributed by atoms with Crippen molar-refractivity contribution in [1.29, 1.82) is 0 Å². The summed E-state index contributed by atoms with van der Waals surface area (Å²) in [4.78, 5) is 9.23. The summed E-state index contributed by atoms with van der Waals surface area (Å²) in [6.45, 7) is 2.72. The van der Waals surface area contributed by atoms with Crippen molar-refractivity contribution in [2.24, 2.45) is 0 Å². The van der Waals surface area contributed by atoms with Crippen LogP contribution in [0.1, 0.15) is 10.7 Å². The van der Waals surface area contributed by atoms with Gasteiger partial charge in [-0.2, -0.15) is 0 Å². The number of hydrogen-bond acceptors (Lipinski definition) is 6. The van der Waals surface area contributed by atoms with E-state index in [2.05, 4.69) is 33.9 Å². The highest BCUT2D eigenvalue weighted by molar-refractivity contribution is 7.18. The van der Waals surface area contributed by atoms with Gasteiger partial charge in [-0.1, -0.05) is 12.1 Å². The lowest BCUT2D eigenvalue weighted by atomic mass is 10.2. The smallest absolute Gasteiger partial charge is 0.129 e. The first-order valence-electron chi connectivity index (χ1n) is 7.92. The maximum Gasteiger partial charge on any atom is 0.129 e. The molecule has 0 spiro atoms. The normalized spacial score (nSPS) is 11.0. The number of benzene rings is 2. The monoisotopic (exact) mass is 367 g/mol. The van der Waals surface area contributed by atoms with Gasteiger partial charge in [-0.05, 0) is 37.3 Å². The van der Waals surface area contributed by atoms with Gasteiger partial charge in [-0.25, -0.2) is 9.97 Å². The number of aryl methyl sites for hydroxylation is 1. The van der Waals surface area contributed by atoms with E-state index in [0.29, 0.717) is 6.54 Å². The van der Waals surface area contributed by atoms with Crippen LogP contribution >= 0.6 is 22.7 Å². The summed E-state index contributed by atoms with van der Waals surface area (Å²) in [7, 11) is 1.69. The minimum absolute atomic E-state index is 0.689.